The average Bonchev–Trinajstić information content (AvgIpc) is 2.95. The monoisotopic (exact) mass is 617 g/mol. The van der Waals surface area contributed by atoms with Crippen molar-refractivity contribution >= 4 is 23.2 Å². The fourth-order valence-corrected chi connectivity index (χ4v) is 5.64. The summed E-state index contributed by atoms with van der Waals surface area (Å²) < 4.78 is 62.8. The number of amides is 1. The number of pyridine rings is 1. The average molecular weight is 618 g/mol. The zero-order valence-electron chi connectivity index (χ0n) is 25.1. The molecule has 0 saturated carbocycles. The molecule has 2 saturated heterocycles. The van der Waals surface area contributed by atoms with Crippen molar-refractivity contribution < 1.29 is 27.1 Å². The van der Waals surface area contributed by atoms with Gasteiger partial charge in [-0.05, 0) is 46.9 Å². The van der Waals surface area contributed by atoms with Crippen molar-refractivity contribution in [2.45, 2.75) is 51.6 Å². The quantitative estimate of drug-likeness (QED) is 0.407. The second-order valence-corrected chi connectivity index (χ2v) is 12.0. The summed E-state index contributed by atoms with van der Waals surface area (Å²) in [6.45, 7) is 10.6. The molecule has 1 amide bonds. The van der Waals surface area contributed by atoms with E-state index in [-0.39, 0.29) is 28.9 Å². The zero-order valence-corrected chi connectivity index (χ0v) is 25.1. The Morgan fingerprint density at radius 1 is 1.09 bits per heavy atom. The van der Waals surface area contributed by atoms with E-state index < -0.39 is 34.6 Å². The van der Waals surface area contributed by atoms with Gasteiger partial charge in [0.1, 0.15) is 5.82 Å². The number of alkyl halides is 3. The van der Waals surface area contributed by atoms with Crippen LogP contribution in [0.15, 0.2) is 41.6 Å². The molecular weight excluding hydrogens is 582 g/mol. The maximum atomic E-state index is 15.8. The molecule has 5 rings (SSSR count). The second-order valence-electron chi connectivity index (χ2n) is 12.0. The Morgan fingerprint density at radius 2 is 1.75 bits per heavy atom. The minimum absolute atomic E-state index is 0.0608. The predicted molar refractivity (Wildman–Crippen MR) is 159 cm³/mol. The van der Waals surface area contributed by atoms with Gasteiger partial charge in [0.15, 0.2) is 0 Å². The molecule has 0 radical (unpaired) electrons. The number of nitrogens with zero attached hydrogens (tertiary/aromatic N) is 5. The fraction of sp³-hybridized carbons (Fsp3) is 0.467. The molecule has 3 aromatic rings. The molecule has 10 nitrogen and oxygen atoms in total. The van der Waals surface area contributed by atoms with Crippen LogP contribution in [-0.4, -0.2) is 83.3 Å². The van der Waals surface area contributed by atoms with Crippen molar-refractivity contribution in [3.8, 4) is 11.1 Å². The number of hydrogen-bond donors (Lipinski definition) is 2. The number of rotatable bonds is 5. The van der Waals surface area contributed by atoms with Crippen LogP contribution in [-0.2, 0) is 10.9 Å². The van der Waals surface area contributed by atoms with E-state index in [9.17, 15) is 22.8 Å². The number of morpholine rings is 1. The lowest BCUT2D eigenvalue weighted by Gasteiger charge is -2.44. The van der Waals surface area contributed by atoms with E-state index in [0.717, 1.165) is 6.20 Å². The van der Waals surface area contributed by atoms with Gasteiger partial charge in [0.2, 0.25) is 11.5 Å². The third kappa shape index (κ3) is 6.55. The minimum Gasteiger partial charge on any atom is -0.372 e. The lowest BCUT2D eigenvalue weighted by Crippen LogP contribution is -2.55. The number of piperazine rings is 1. The van der Waals surface area contributed by atoms with Gasteiger partial charge >= 0.3 is 6.18 Å². The van der Waals surface area contributed by atoms with Gasteiger partial charge < -0.3 is 24.8 Å². The highest BCUT2D eigenvalue weighted by atomic mass is 19.4. The molecule has 2 aliphatic heterocycles. The molecule has 0 bridgehead atoms. The molecular formula is C30H35F4N7O3. The Morgan fingerprint density at radius 3 is 2.36 bits per heavy atom. The number of ether oxygens (including phenoxy) is 1. The van der Waals surface area contributed by atoms with Crippen LogP contribution in [0.2, 0.25) is 0 Å². The van der Waals surface area contributed by atoms with E-state index in [1.54, 1.807) is 0 Å². The third-order valence-electron chi connectivity index (χ3n) is 8.17. The van der Waals surface area contributed by atoms with Gasteiger partial charge in [-0.2, -0.15) is 13.2 Å². The van der Waals surface area contributed by atoms with Crippen molar-refractivity contribution in [1.29, 1.82) is 0 Å². The van der Waals surface area contributed by atoms with Crippen LogP contribution in [0.1, 0.15) is 43.6 Å². The molecule has 2 aliphatic rings. The number of aromatic nitrogens is 3. The van der Waals surface area contributed by atoms with Crippen LogP contribution >= 0.6 is 0 Å². The molecule has 2 aromatic heterocycles. The summed E-state index contributed by atoms with van der Waals surface area (Å²) in [7, 11) is 1.98. The summed E-state index contributed by atoms with van der Waals surface area (Å²) in [6, 6.07) is 3.14. The Kier molecular flexibility index (Phi) is 8.42. The number of carbonyl (C=O) groups is 1. The number of carbonyl (C=O) groups excluding carboxylic acids is 1. The van der Waals surface area contributed by atoms with Crippen LogP contribution in [0.4, 0.5) is 34.9 Å². The third-order valence-corrected chi connectivity index (χ3v) is 8.17. The van der Waals surface area contributed by atoms with Crippen LogP contribution < -0.4 is 20.7 Å². The van der Waals surface area contributed by atoms with Crippen molar-refractivity contribution in [3.05, 3.63) is 64.1 Å². The van der Waals surface area contributed by atoms with E-state index >= 15 is 4.39 Å². The minimum atomic E-state index is -4.95. The fourth-order valence-electron chi connectivity index (χ4n) is 5.64. The number of benzene rings is 1. The van der Waals surface area contributed by atoms with Gasteiger partial charge in [-0.1, -0.05) is 0 Å². The van der Waals surface area contributed by atoms with Crippen LogP contribution in [0.5, 0.6) is 0 Å². The largest absolute Gasteiger partial charge is 0.417 e. The second kappa shape index (κ2) is 11.8. The lowest BCUT2D eigenvalue weighted by atomic mass is 10.0. The van der Waals surface area contributed by atoms with Gasteiger partial charge in [0.25, 0.3) is 5.91 Å². The molecule has 44 heavy (non-hydrogen) atoms. The molecule has 14 heteroatoms. The number of nitrogens with one attached hydrogen (secondary N) is 2. The number of H-pyrrole nitrogens is 1. The molecule has 236 valence electrons. The number of aromatic amines is 1. The van der Waals surface area contributed by atoms with E-state index in [1.807, 2.05) is 44.5 Å². The predicted octanol–water partition coefficient (Wildman–Crippen LogP) is 4.39. The number of hydrogen-bond acceptors (Lipinski definition) is 8. The molecule has 4 heterocycles. The summed E-state index contributed by atoms with van der Waals surface area (Å²) in [5.41, 5.74) is -2.72. The van der Waals surface area contributed by atoms with Gasteiger partial charge in [-0.3, -0.25) is 14.5 Å². The Labute approximate surface area is 252 Å². The van der Waals surface area contributed by atoms with Gasteiger partial charge in [0, 0.05) is 74.0 Å². The van der Waals surface area contributed by atoms with Crippen molar-refractivity contribution in [3.63, 3.8) is 0 Å². The SMILES string of the molecule is CC1CN(c2cc(F)c(-c3cnc(N4CCOC(C)(C)C4)nc3)cc2NC(=O)c2c[nH]c(=O)cc2C(F)(F)F)C[C@H](C)N1C. The maximum Gasteiger partial charge on any atom is 0.417 e. The topological polar surface area (TPSA) is 107 Å². The summed E-state index contributed by atoms with van der Waals surface area (Å²) in [5.74, 6) is -1.26. The molecule has 2 fully saturated rings. The van der Waals surface area contributed by atoms with E-state index in [4.69, 9.17) is 4.74 Å². The Balaban J connectivity index is 1.54. The first-order valence-corrected chi connectivity index (χ1v) is 14.3. The van der Waals surface area contributed by atoms with Crippen molar-refractivity contribution in [1.82, 2.24) is 19.9 Å². The maximum absolute atomic E-state index is 15.8. The van der Waals surface area contributed by atoms with E-state index in [1.165, 1.54) is 24.5 Å². The molecule has 0 aliphatic carbocycles. The van der Waals surface area contributed by atoms with Gasteiger partial charge in [-0.15, -0.1) is 0 Å². The zero-order chi connectivity index (χ0) is 32.0. The Hall–Kier alpha value is -4.04. The highest BCUT2D eigenvalue weighted by molar-refractivity contribution is 6.07. The summed E-state index contributed by atoms with van der Waals surface area (Å²) in [6.07, 6.45) is -1.28. The van der Waals surface area contributed by atoms with Crippen LogP contribution in [0.3, 0.4) is 0 Å². The number of anilines is 3. The van der Waals surface area contributed by atoms with Crippen molar-refractivity contribution in [2.24, 2.45) is 0 Å². The molecule has 1 aromatic carbocycles. The highest BCUT2D eigenvalue weighted by Gasteiger charge is 2.36. The first kappa shape index (κ1) is 31.4. The molecule has 2 atom stereocenters. The molecule has 2 N–H and O–H groups in total. The lowest BCUT2D eigenvalue weighted by molar-refractivity contribution is -0.138. The van der Waals surface area contributed by atoms with Crippen LogP contribution in [0, 0.1) is 5.82 Å². The first-order chi connectivity index (χ1) is 20.6. The molecule has 1 unspecified atom stereocenters. The van der Waals surface area contributed by atoms with Gasteiger partial charge in [-0.25, -0.2) is 14.4 Å². The summed E-state index contributed by atoms with van der Waals surface area (Å²) in [4.78, 5) is 42.0. The smallest absolute Gasteiger partial charge is 0.372 e. The van der Waals surface area contributed by atoms with Gasteiger partial charge in [0.05, 0.1) is 34.7 Å². The summed E-state index contributed by atoms with van der Waals surface area (Å²) in [5, 5.41) is 2.56. The standard InChI is InChI=1S/C30H35F4N7O3/c1-17-14-41(15-18(2)39(17)5)25-10-23(31)20(19-11-36-28(37-12-19)40-6-7-44-29(3,4)16-40)8-24(25)38-27(43)21-13-35-26(42)9-22(21)30(32,33)34/h8-13,17-18H,6-7,14-16H2,1-5H3,(H,35,42)(H,38,43)/t17-,18?/m0/s1. The van der Waals surface area contributed by atoms with Crippen molar-refractivity contribution in [2.75, 3.05) is 55.0 Å². The Bertz CT molecular complexity index is 1580. The molecule has 0 spiro atoms. The summed E-state index contributed by atoms with van der Waals surface area (Å²) >= 11 is 0. The number of likely N-dealkylation sites (N-methyl/N-ethyl adjacent to an activating group) is 1. The highest BCUT2D eigenvalue weighted by Crippen LogP contribution is 2.37. The normalized spacial score (nSPS) is 20.9. The van der Waals surface area contributed by atoms with E-state index in [0.29, 0.717) is 56.1 Å². The number of halogens is 4. The van der Waals surface area contributed by atoms with Crippen LogP contribution in [0.25, 0.3) is 11.1 Å². The van der Waals surface area contributed by atoms with E-state index in [2.05, 4.69) is 25.2 Å². The first-order valence-electron chi connectivity index (χ1n) is 14.3.